The number of aryl methyl sites for hydroxylation is 1. The number of hydrogen-bond donors (Lipinski definition) is 1. The molecule has 2 heterocycles. The summed E-state index contributed by atoms with van der Waals surface area (Å²) in [6, 6.07) is 15.2. The van der Waals surface area contributed by atoms with Gasteiger partial charge in [-0.25, -0.2) is 0 Å². The van der Waals surface area contributed by atoms with E-state index in [2.05, 4.69) is 30.7 Å². The van der Waals surface area contributed by atoms with Crippen LogP contribution >= 0.6 is 0 Å². The quantitative estimate of drug-likeness (QED) is 0.434. The van der Waals surface area contributed by atoms with Crippen molar-refractivity contribution in [2.24, 2.45) is 5.92 Å². The fourth-order valence-electron chi connectivity index (χ4n) is 3.66. The minimum Gasteiger partial charge on any atom is -0.454 e. The molecule has 0 saturated carbocycles. The number of benzene rings is 1. The van der Waals surface area contributed by atoms with Gasteiger partial charge in [-0.05, 0) is 62.1 Å². The Bertz CT molecular complexity index is 1050. The molecule has 3 rings (SSSR count). The lowest BCUT2D eigenvalue weighted by molar-refractivity contribution is 0.0739. The molecule has 2 amide bonds. The van der Waals surface area contributed by atoms with Gasteiger partial charge >= 0.3 is 0 Å². The van der Waals surface area contributed by atoms with Crippen LogP contribution in [0.1, 0.15) is 71.5 Å². The number of carbonyl (C=O) groups is 2. The van der Waals surface area contributed by atoms with Crippen LogP contribution in [0.15, 0.2) is 59.1 Å². The van der Waals surface area contributed by atoms with Crippen molar-refractivity contribution in [1.29, 1.82) is 0 Å². The zero-order valence-corrected chi connectivity index (χ0v) is 20.1. The van der Waals surface area contributed by atoms with E-state index in [9.17, 15) is 9.59 Å². The molecule has 1 N–H and O–H groups in total. The van der Waals surface area contributed by atoms with Gasteiger partial charge in [0.1, 0.15) is 5.76 Å². The highest BCUT2D eigenvalue weighted by molar-refractivity contribution is 5.94. The van der Waals surface area contributed by atoms with Gasteiger partial charge < -0.3 is 19.2 Å². The average Bonchev–Trinajstić information content (AvgIpc) is 3.43. The van der Waals surface area contributed by atoms with Crippen LogP contribution < -0.4 is 5.32 Å². The van der Waals surface area contributed by atoms with Crippen LogP contribution in [0.2, 0.25) is 0 Å². The summed E-state index contributed by atoms with van der Waals surface area (Å²) in [7, 11) is 0. The molecule has 0 atom stereocenters. The lowest BCUT2D eigenvalue weighted by Gasteiger charge is -2.23. The second-order valence-electron chi connectivity index (χ2n) is 8.92. The minimum absolute atomic E-state index is 0.0305. The Morgan fingerprint density at radius 2 is 1.85 bits per heavy atom. The van der Waals surface area contributed by atoms with Crippen LogP contribution in [0.5, 0.6) is 0 Å². The fraction of sp³-hybridized carbons (Fsp3) is 0.407. The van der Waals surface area contributed by atoms with Gasteiger partial charge in [0.25, 0.3) is 11.8 Å². The number of aromatic nitrogens is 1. The van der Waals surface area contributed by atoms with Crippen molar-refractivity contribution < 1.29 is 14.0 Å². The number of furan rings is 1. The summed E-state index contributed by atoms with van der Waals surface area (Å²) in [6.07, 6.45) is 3.79. The molecule has 0 aliphatic rings. The number of nitrogens with zero attached hydrogens (tertiary/aromatic N) is 2. The zero-order valence-electron chi connectivity index (χ0n) is 20.1. The first-order chi connectivity index (χ1) is 15.9. The molecule has 0 radical (unpaired) electrons. The van der Waals surface area contributed by atoms with Gasteiger partial charge in [-0.3, -0.25) is 9.59 Å². The lowest BCUT2D eigenvalue weighted by Crippen LogP contribution is -2.32. The molecule has 0 unspecified atom stereocenters. The Kier molecular flexibility index (Phi) is 8.52. The second kappa shape index (κ2) is 11.5. The van der Waals surface area contributed by atoms with Crippen molar-refractivity contribution >= 4 is 11.8 Å². The van der Waals surface area contributed by atoms with E-state index in [1.54, 1.807) is 6.07 Å². The predicted molar refractivity (Wildman–Crippen MR) is 130 cm³/mol. The van der Waals surface area contributed by atoms with Crippen LogP contribution in [0, 0.1) is 12.8 Å². The monoisotopic (exact) mass is 449 g/mol. The number of nitrogens with one attached hydrogen (secondary N) is 1. The van der Waals surface area contributed by atoms with E-state index in [1.165, 1.54) is 0 Å². The van der Waals surface area contributed by atoms with E-state index >= 15 is 0 Å². The van der Waals surface area contributed by atoms with Crippen molar-refractivity contribution in [1.82, 2.24) is 14.8 Å². The molecular formula is C27H35N3O3. The topological polar surface area (TPSA) is 67.5 Å². The van der Waals surface area contributed by atoms with E-state index in [1.807, 2.05) is 60.5 Å². The van der Waals surface area contributed by atoms with Gasteiger partial charge in [0, 0.05) is 30.5 Å². The van der Waals surface area contributed by atoms with Gasteiger partial charge in [-0.15, -0.1) is 0 Å². The van der Waals surface area contributed by atoms with Crippen LogP contribution in [-0.2, 0) is 13.1 Å². The van der Waals surface area contributed by atoms with Gasteiger partial charge in [-0.1, -0.05) is 38.5 Å². The van der Waals surface area contributed by atoms with Crippen molar-refractivity contribution in [3.05, 3.63) is 83.1 Å². The summed E-state index contributed by atoms with van der Waals surface area (Å²) in [4.78, 5) is 27.3. The van der Waals surface area contributed by atoms with Gasteiger partial charge in [0.05, 0.1) is 13.1 Å². The number of rotatable bonds is 11. The van der Waals surface area contributed by atoms with Crippen LogP contribution in [0.4, 0.5) is 0 Å². The summed E-state index contributed by atoms with van der Waals surface area (Å²) in [5.74, 6) is 1.41. The standard InChI is InChI=1S/C27H35N3O3/c1-5-16-30(27(32)22-10-8-21(4)9-11-22)18-23-7-6-17-29(23)19-24-12-13-25(33-24)26(31)28-15-14-20(2)3/h6-13,17,20H,5,14-16,18-19H2,1-4H3,(H,28,31). The highest BCUT2D eigenvalue weighted by atomic mass is 16.4. The summed E-state index contributed by atoms with van der Waals surface area (Å²) in [6.45, 7) is 10.7. The molecule has 1 aromatic carbocycles. The summed E-state index contributed by atoms with van der Waals surface area (Å²) >= 11 is 0. The average molecular weight is 450 g/mol. The molecule has 176 valence electrons. The zero-order chi connectivity index (χ0) is 23.8. The van der Waals surface area contributed by atoms with E-state index < -0.39 is 0 Å². The largest absolute Gasteiger partial charge is 0.454 e. The third-order valence-electron chi connectivity index (χ3n) is 5.57. The molecule has 0 aliphatic carbocycles. The van der Waals surface area contributed by atoms with E-state index in [-0.39, 0.29) is 11.8 Å². The Labute approximate surface area is 196 Å². The molecule has 6 nitrogen and oxygen atoms in total. The van der Waals surface area contributed by atoms with E-state index in [0.29, 0.717) is 49.2 Å². The Morgan fingerprint density at radius 1 is 1.09 bits per heavy atom. The summed E-state index contributed by atoms with van der Waals surface area (Å²) in [5.41, 5.74) is 2.85. The lowest BCUT2D eigenvalue weighted by atomic mass is 10.1. The molecule has 33 heavy (non-hydrogen) atoms. The van der Waals surface area contributed by atoms with E-state index in [0.717, 1.165) is 24.1 Å². The first kappa shape index (κ1) is 24.4. The molecule has 3 aromatic rings. The first-order valence-electron chi connectivity index (χ1n) is 11.7. The SMILES string of the molecule is CCCN(Cc1cccn1Cc1ccc(C(=O)NCCC(C)C)o1)C(=O)c1ccc(C)cc1. The van der Waals surface area contributed by atoms with Crippen molar-refractivity contribution in [3.8, 4) is 0 Å². The highest BCUT2D eigenvalue weighted by Gasteiger charge is 2.18. The summed E-state index contributed by atoms with van der Waals surface area (Å²) in [5, 5.41) is 2.90. The minimum atomic E-state index is -0.188. The third kappa shape index (κ3) is 6.85. The molecule has 0 bridgehead atoms. The molecule has 0 spiro atoms. The Morgan fingerprint density at radius 3 is 2.55 bits per heavy atom. The van der Waals surface area contributed by atoms with Crippen LogP contribution in [0.25, 0.3) is 0 Å². The van der Waals surface area contributed by atoms with Crippen molar-refractivity contribution in [2.75, 3.05) is 13.1 Å². The fourth-order valence-corrected chi connectivity index (χ4v) is 3.66. The maximum Gasteiger partial charge on any atom is 0.286 e. The van der Waals surface area contributed by atoms with Gasteiger partial charge in [0.2, 0.25) is 0 Å². The van der Waals surface area contributed by atoms with Crippen molar-refractivity contribution in [2.45, 2.75) is 53.6 Å². The maximum atomic E-state index is 13.1. The normalized spacial score (nSPS) is 11.1. The third-order valence-corrected chi connectivity index (χ3v) is 5.57. The Hall–Kier alpha value is -3.28. The predicted octanol–water partition coefficient (Wildman–Crippen LogP) is 5.27. The summed E-state index contributed by atoms with van der Waals surface area (Å²) < 4.78 is 7.86. The molecule has 6 heteroatoms. The molecule has 0 saturated heterocycles. The van der Waals surface area contributed by atoms with Gasteiger partial charge in [-0.2, -0.15) is 0 Å². The smallest absolute Gasteiger partial charge is 0.286 e. The highest BCUT2D eigenvalue weighted by Crippen LogP contribution is 2.16. The van der Waals surface area contributed by atoms with Crippen molar-refractivity contribution in [3.63, 3.8) is 0 Å². The Balaban J connectivity index is 1.66. The molecule has 0 aliphatic heterocycles. The first-order valence-corrected chi connectivity index (χ1v) is 11.7. The molecular weight excluding hydrogens is 414 g/mol. The maximum absolute atomic E-state index is 13.1. The van der Waals surface area contributed by atoms with Crippen LogP contribution in [-0.4, -0.2) is 34.4 Å². The van der Waals surface area contributed by atoms with E-state index in [4.69, 9.17) is 4.42 Å². The van der Waals surface area contributed by atoms with Crippen LogP contribution in [0.3, 0.4) is 0 Å². The second-order valence-corrected chi connectivity index (χ2v) is 8.92. The number of amides is 2. The number of carbonyl (C=O) groups excluding carboxylic acids is 2. The van der Waals surface area contributed by atoms with Gasteiger partial charge in [0.15, 0.2) is 5.76 Å². The molecule has 0 fully saturated rings. The number of hydrogen-bond acceptors (Lipinski definition) is 3. The molecule has 2 aromatic heterocycles.